The van der Waals surface area contributed by atoms with Crippen molar-refractivity contribution in [2.45, 2.75) is 44.7 Å². The molecule has 0 bridgehead atoms. The van der Waals surface area contributed by atoms with Crippen LogP contribution in [0.2, 0.25) is 0 Å². The molecule has 1 amide bonds. The molecule has 0 unspecified atom stereocenters. The first kappa shape index (κ1) is 23.0. The molecule has 184 valence electrons. The van der Waals surface area contributed by atoms with Crippen LogP contribution >= 0.6 is 0 Å². The Labute approximate surface area is 203 Å². The number of aromatic nitrogens is 4. The standard InChI is InChI=1S/C24H31N9O2/c1-14-12-33-13-19(23(35-3)31-24(33)28-14)30-22(34)18-11-27-21(17(10-26-2)20(18)25)32-8-6-16(7-9-32)29-15-4-5-15/h10-13,15-16,29H,4-9H2,1-3H3,(H2,25,27)(H,30,34). The number of nitrogens with zero attached hydrogens (tertiary/aromatic N) is 6. The van der Waals surface area contributed by atoms with Gasteiger partial charge in [-0.05, 0) is 32.6 Å². The number of fused-ring (bicyclic) bond motifs is 1. The smallest absolute Gasteiger partial charge is 0.259 e. The van der Waals surface area contributed by atoms with Crippen LogP contribution in [-0.2, 0) is 0 Å². The highest BCUT2D eigenvalue weighted by molar-refractivity contribution is 6.11. The fraction of sp³-hybridized carbons (Fsp3) is 0.458. The molecular weight excluding hydrogens is 446 g/mol. The number of methoxy groups -OCH3 is 1. The number of hydrogen-bond donors (Lipinski definition) is 3. The normalized spacial score (nSPS) is 16.8. The first-order valence-corrected chi connectivity index (χ1v) is 11.9. The van der Waals surface area contributed by atoms with E-state index in [-0.39, 0.29) is 11.4 Å². The summed E-state index contributed by atoms with van der Waals surface area (Å²) in [6.07, 6.45) is 11.4. The van der Waals surface area contributed by atoms with Crippen LogP contribution in [0.4, 0.5) is 17.2 Å². The highest BCUT2D eigenvalue weighted by Gasteiger charge is 2.29. The van der Waals surface area contributed by atoms with Gasteiger partial charge in [0.25, 0.3) is 5.91 Å². The molecule has 3 aromatic rings. The minimum Gasteiger partial charge on any atom is -0.479 e. The first-order chi connectivity index (χ1) is 17.0. The molecule has 3 aromatic heterocycles. The fourth-order valence-corrected chi connectivity index (χ4v) is 4.52. The van der Waals surface area contributed by atoms with E-state index in [4.69, 9.17) is 10.5 Å². The van der Waals surface area contributed by atoms with Gasteiger partial charge in [-0.15, -0.1) is 0 Å². The molecule has 0 spiro atoms. The van der Waals surface area contributed by atoms with E-state index in [1.165, 1.54) is 26.1 Å². The number of rotatable bonds is 7. The number of amides is 1. The molecule has 0 aromatic carbocycles. The van der Waals surface area contributed by atoms with E-state index in [0.29, 0.717) is 34.8 Å². The van der Waals surface area contributed by atoms with Gasteiger partial charge >= 0.3 is 0 Å². The summed E-state index contributed by atoms with van der Waals surface area (Å²) >= 11 is 0. The van der Waals surface area contributed by atoms with Crippen molar-refractivity contribution < 1.29 is 9.53 Å². The number of ether oxygens (including phenoxy) is 1. The van der Waals surface area contributed by atoms with Crippen molar-refractivity contribution in [2.75, 3.05) is 43.2 Å². The number of nitrogens with two attached hydrogens (primary N) is 1. The second kappa shape index (κ2) is 9.49. The van der Waals surface area contributed by atoms with Gasteiger partial charge < -0.3 is 26.0 Å². The topological polar surface area (TPSA) is 135 Å². The van der Waals surface area contributed by atoms with Crippen molar-refractivity contribution in [3.8, 4) is 5.88 Å². The molecule has 35 heavy (non-hydrogen) atoms. The molecular formula is C24H31N9O2. The summed E-state index contributed by atoms with van der Waals surface area (Å²) in [5.41, 5.74) is 8.97. The van der Waals surface area contributed by atoms with Crippen LogP contribution in [0.25, 0.3) is 5.78 Å². The molecule has 0 radical (unpaired) electrons. The Balaban J connectivity index is 1.38. The van der Waals surface area contributed by atoms with E-state index in [2.05, 4.69) is 35.5 Å². The number of piperidine rings is 1. The van der Waals surface area contributed by atoms with Gasteiger partial charge in [0.05, 0.1) is 29.6 Å². The quantitative estimate of drug-likeness (QED) is 0.440. The van der Waals surface area contributed by atoms with Crippen LogP contribution in [0.5, 0.6) is 5.88 Å². The van der Waals surface area contributed by atoms with Crippen molar-refractivity contribution in [1.29, 1.82) is 0 Å². The SMILES string of the molecule is CN=Cc1c(N2CCC(NC3CC3)CC2)ncc(C(=O)Nc2cn3cc(C)nc3nc2OC)c1N. The van der Waals surface area contributed by atoms with Gasteiger partial charge in [-0.2, -0.15) is 4.98 Å². The van der Waals surface area contributed by atoms with Crippen molar-refractivity contribution >= 4 is 35.1 Å². The molecule has 11 nitrogen and oxygen atoms in total. The number of pyridine rings is 1. The van der Waals surface area contributed by atoms with Gasteiger partial charge in [-0.25, -0.2) is 9.97 Å². The van der Waals surface area contributed by atoms with Crippen molar-refractivity contribution in [2.24, 2.45) is 4.99 Å². The van der Waals surface area contributed by atoms with Gasteiger partial charge in [0, 0.05) is 57.0 Å². The third-order valence-corrected chi connectivity index (χ3v) is 6.46. The molecule has 0 atom stereocenters. The highest BCUT2D eigenvalue weighted by Crippen LogP contribution is 2.30. The van der Waals surface area contributed by atoms with Crippen molar-refractivity contribution in [1.82, 2.24) is 24.7 Å². The van der Waals surface area contributed by atoms with Crippen LogP contribution in [0.1, 0.15) is 47.3 Å². The van der Waals surface area contributed by atoms with Gasteiger partial charge in [0.15, 0.2) is 0 Å². The van der Waals surface area contributed by atoms with E-state index >= 15 is 0 Å². The van der Waals surface area contributed by atoms with Crippen molar-refractivity contribution in [3.05, 3.63) is 35.4 Å². The second-order valence-corrected chi connectivity index (χ2v) is 9.12. The number of aryl methyl sites for hydroxylation is 1. The Morgan fingerprint density at radius 3 is 2.63 bits per heavy atom. The molecule has 1 aliphatic carbocycles. The second-order valence-electron chi connectivity index (χ2n) is 9.12. The average Bonchev–Trinajstić information content (AvgIpc) is 3.59. The number of nitrogens with one attached hydrogen (secondary N) is 2. The largest absolute Gasteiger partial charge is 0.479 e. The molecule has 1 saturated carbocycles. The van der Waals surface area contributed by atoms with Crippen LogP contribution in [0.3, 0.4) is 0 Å². The molecule has 4 N–H and O–H groups in total. The fourth-order valence-electron chi connectivity index (χ4n) is 4.52. The first-order valence-electron chi connectivity index (χ1n) is 11.9. The van der Waals surface area contributed by atoms with Crippen molar-refractivity contribution in [3.63, 3.8) is 0 Å². The Hall–Kier alpha value is -3.73. The summed E-state index contributed by atoms with van der Waals surface area (Å²) in [6.45, 7) is 3.62. The Morgan fingerprint density at radius 1 is 1.20 bits per heavy atom. The number of carbonyl (C=O) groups is 1. The minimum atomic E-state index is -0.407. The molecule has 1 aliphatic heterocycles. The molecule has 4 heterocycles. The van der Waals surface area contributed by atoms with E-state index < -0.39 is 5.91 Å². The Morgan fingerprint density at radius 2 is 1.94 bits per heavy atom. The van der Waals surface area contributed by atoms with Crippen LogP contribution < -0.4 is 26.0 Å². The highest BCUT2D eigenvalue weighted by atomic mass is 16.5. The van der Waals surface area contributed by atoms with Gasteiger partial charge in [-0.1, -0.05) is 0 Å². The summed E-state index contributed by atoms with van der Waals surface area (Å²) in [4.78, 5) is 33.0. The number of anilines is 3. The van der Waals surface area contributed by atoms with Crippen LogP contribution in [0.15, 0.2) is 23.6 Å². The zero-order valence-electron chi connectivity index (χ0n) is 20.3. The lowest BCUT2D eigenvalue weighted by Crippen LogP contribution is -2.44. The molecule has 2 fully saturated rings. The summed E-state index contributed by atoms with van der Waals surface area (Å²) < 4.78 is 7.10. The zero-order valence-corrected chi connectivity index (χ0v) is 20.3. The predicted octanol–water partition coefficient (Wildman–Crippen LogP) is 2.05. The maximum absolute atomic E-state index is 13.2. The third-order valence-electron chi connectivity index (χ3n) is 6.46. The molecule has 2 aliphatic rings. The van der Waals surface area contributed by atoms with Gasteiger partial charge in [0.2, 0.25) is 11.7 Å². The van der Waals surface area contributed by atoms with E-state index in [0.717, 1.165) is 37.4 Å². The van der Waals surface area contributed by atoms with Crippen LogP contribution in [0, 0.1) is 6.92 Å². The number of nitrogen functional groups attached to an aromatic ring is 1. The predicted molar refractivity (Wildman–Crippen MR) is 136 cm³/mol. The monoisotopic (exact) mass is 477 g/mol. The Kier molecular flexibility index (Phi) is 6.25. The molecule has 11 heteroatoms. The lowest BCUT2D eigenvalue weighted by Gasteiger charge is -2.34. The van der Waals surface area contributed by atoms with E-state index in [9.17, 15) is 4.79 Å². The lowest BCUT2D eigenvalue weighted by atomic mass is 10.0. The summed E-state index contributed by atoms with van der Waals surface area (Å²) in [6, 6.07) is 1.25. The Bertz CT molecular complexity index is 1270. The number of imidazole rings is 1. The average molecular weight is 478 g/mol. The summed E-state index contributed by atoms with van der Waals surface area (Å²) in [7, 11) is 3.18. The maximum atomic E-state index is 13.2. The zero-order chi connectivity index (χ0) is 24.5. The number of hydrogen-bond acceptors (Lipinski definition) is 9. The number of aliphatic imine (C=N–C) groups is 1. The summed E-state index contributed by atoms with van der Waals surface area (Å²) in [5, 5.41) is 6.57. The molecule has 5 rings (SSSR count). The van der Waals surface area contributed by atoms with Gasteiger partial charge in [0.1, 0.15) is 11.5 Å². The summed E-state index contributed by atoms with van der Waals surface area (Å²) in [5.74, 6) is 1.10. The van der Waals surface area contributed by atoms with E-state index in [1.807, 2.05) is 13.1 Å². The van der Waals surface area contributed by atoms with Gasteiger partial charge in [-0.3, -0.25) is 14.2 Å². The van der Waals surface area contributed by atoms with E-state index in [1.54, 1.807) is 23.9 Å². The molecule has 1 saturated heterocycles. The third kappa shape index (κ3) is 4.76. The lowest BCUT2D eigenvalue weighted by molar-refractivity contribution is 0.102. The minimum absolute atomic E-state index is 0.262. The number of carbonyl (C=O) groups excluding carboxylic acids is 1. The maximum Gasteiger partial charge on any atom is 0.259 e. The van der Waals surface area contributed by atoms with Crippen LogP contribution in [-0.4, -0.2) is 70.8 Å².